The molecule has 1 aromatic carbocycles. The fraction of sp³-hybridized carbons (Fsp3) is 0.304. The van der Waals surface area contributed by atoms with Crippen LogP contribution < -0.4 is 0 Å². The van der Waals surface area contributed by atoms with Crippen LogP contribution in [0.25, 0.3) is 0 Å². The maximum absolute atomic E-state index is 14.1. The van der Waals surface area contributed by atoms with Crippen LogP contribution in [0.15, 0.2) is 74.9 Å². The number of nitrogens with zero attached hydrogens (tertiary/aromatic N) is 2. The van der Waals surface area contributed by atoms with Gasteiger partial charge in [-0.25, -0.2) is 4.99 Å². The summed E-state index contributed by atoms with van der Waals surface area (Å²) in [5.41, 5.74) is -1.07. The van der Waals surface area contributed by atoms with Crippen LogP contribution in [0.5, 0.6) is 0 Å². The molecule has 33 heavy (non-hydrogen) atoms. The van der Waals surface area contributed by atoms with Crippen LogP contribution >= 0.6 is 11.8 Å². The Morgan fingerprint density at radius 3 is 2.15 bits per heavy atom. The van der Waals surface area contributed by atoms with E-state index >= 15 is 0 Å². The van der Waals surface area contributed by atoms with Gasteiger partial charge < -0.3 is 4.74 Å². The van der Waals surface area contributed by atoms with Gasteiger partial charge in [-0.15, -0.1) is 0 Å². The van der Waals surface area contributed by atoms with E-state index in [4.69, 9.17) is 4.74 Å². The number of alkyl halides is 6. The van der Waals surface area contributed by atoms with Gasteiger partial charge in [0.15, 0.2) is 0 Å². The fourth-order valence-electron chi connectivity index (χ4n) is 2.68. The summed E-state index contributed by atoms with van der Waals surface area (Å²) < 4.78 is 85.6. The molecule has 0 N–H and O–H groups in total. The number of ether oxygens (including phenoxy) is 1. The minimum Gasteiger partial charge on any atom is -0.481 e. The Morgan fingerprint density at radius 1 is 1.06 bits per heavy atom. The van der Waals surface area contributed by atoms with E-state index in [9.17, 15) is 26.3 Å². The predicted molar refractivity (Wildman–Crippen MR) is 117 cm³/mol. The lowest BCUT2D eigenvalue weighted by molar-refractivity contribution is -0.141. The maximum Gasteiger partial charge on any atom is 0.433 e. The molecule has 0 atom stereocenters. The van der Waals surface area contributed by atoms with Crippen molar-refractivity contribution in [2.75, 3.05) is 7.11 Å². The molecular weight excluding hydrogens is 466 g/mol. The van der Waals surface area contributed by atoms with Crippen molar-refractivity contribution in [3.05, 3.63) is 81.9 Å². The third-order valence-corrected chi connectivity index (χ3v) is 5.41. The van der Waals surface area contributed by atoms with Gasteiger partial charge in [-0.1, -0.05) is 42.5 Å². The van der Waals surface area contributed by atoms with Crippen molar-refractivity contribution in [3.63, 3.8) is 0 Å². The first-order valence-electron chi connectivity index (χ1n) is 9.76. The van der Waals surface area contributed by atoms with Crippen LogP contribution in [0.2, 0.25) is 0 Å². The van der Waals surface area contributed by atoms with Crippen LogP contribution in [-0.2, 0) is 10.9 Å². The third-order valence-electron chi connectivity index (χ3n) is 4.32. The molecule has 0 bridgehead atoms. The van der Waals surface area contributed by atoms with Crippen LogP contribution in [-0.4, -0.2) is 24.0 Å². The Morgan fingerprint density at radius 2 is 1.70 bits per heavy atom. The number of pyridine rings is 1. The maximum atomic E-state index is 14.1. The molecule has 0 spiro atoms. The van der Waals surface area contributed by atoms with E-state index < -0.39 is 29.5 Å². The summed E-state index contributed by atoms with van der Waals surface area (Å²) in [5.74, 6) is -0.695. The van der Waals surface area contributed by atoms with E-state index in [0.29, 0.717) is 11.3 Å². The molecule has 0 unspecified atom stereocenters. The van der Waals surface area contributed by atoms with Gasteiger partial charge in [-0.05, 0) is 44.5 Å². The number of hydrogen-bond donors (Lipinski definition) is 0. The molecule has 2 aromatic rings. The average molecular weight is 488 g/mol. The van der Waals surface area contributed by atoms with E-state index in [-0.39, 0.29) is 16.2 Å². The van der Waals surface area contributed by atoms with Crippen molar-refractivity contribution in [1.82, 2.24) is 4.98 Å². The number of thioether (sulfide) groups is 1. The zero-order valence-corrected chi connectivity index (χ0v) is 19.1. The second-order valence-electron chi connectivity index (χ2n) is 6.90. The molecular formula is C23H22F6N2OS. The number of rotatable bonds is 7. The number of methoxy groups -OCH3 is 1. The molecule has 0 aliphatic rings. The summed E-state index contributed by atoms with van der Waals surface area (Å²) in [4.78, 5) is 7.80. The molecule has 0 radical (unpaired) electrons. The van der Waals surface area contributed by atoms with Crippen molar-refractivity contribution in [3.8, 4) is 0 Å². The van der Waals surface area contributed by atoms with Crippen molar-refractivity contribution >= 4 is 17.5 Å². The molecule has 0 saturated heterocycles. The number of allylic oxidation sites excluding steroid dienone is 2. The van der Waals surface area contributed by atoms with Crippen LogP contribution in [0, 0.1) is 6.92 Å². The first-order chi connectivity index (χ1) is 15.4. The van der Waals surface area contributed by atoms with Gasteiger partial charge in [0.2, 0.25) is 5.88 Å². The van der Waals surface area contributed by atoms with Gasteiger partial charge in [0.05, 0.1) is 12.8 Å². The normalized spacial score (nSPS) is 14.2. The lowest BCUT2D eigenvalue weighted by Crippen LogP contribution is -2.17. The second kappa shape index (κ2) is 10.9. The van der Waals surface area contributed by atoms with Crippen LogP contribution in [0.3, 0.4) is 0 Å². The number of benzene rings is 1. The Hall–Kier alpha value is -2.75. The summed E-state index contributed by atoms with van der Waals surface area (Å²) >= 11 is 0.925. The Bertz CT molecular complexity index is 1040. The smallest absolute Gasteiger partial charge is 0.433 e. The molecule has 1 aromatic heterocycles. The minimum atomic E-state index is -4.80. The molecule has 0 aliphatic carbocycles. The van der Waals surface area contributed by atoms with Gasteiger partial charge in [0.1, 0.15) is 11.3 Å². The number of aromatic nitrogens is 1. The SMILES string of the molecule is CC/C=C(Sc1ccc(C)cc1)/C(=C(\N=C(C)c1ccc(C(F)(F)F)nc1)OC)C(F)(F)F. The molecule has 178 valence electrons. The lowest BCUT2D eigenvalue weighted by Gasteiger charge is -2.18. The highest BCUT2D eigenvalue weighted by atomic mass is 32.2. The second-order valence-corrected chi connectivity index (χ2v) is 8.02. The summed E-state index contributed by atoms with van der Waals surface area (Å²) in [6.07, 6.45) is -6.76. The third kappa shape index (κ3) is 7.38. The van der Waals surface area contributed by atoms with Gasteiger partial charge in [0, 0.05) is 21.6 Å². The Balaban J connectivity index is 2.56. The Labute approximate surface area is 192 Å². The van der Waals surface area contributed by atoms with Gasteiger partial charge in [-0.3, -0.25) is 4.98 Å². The zero-order chi connectivity index (χ0) is 24.8. The van der Waals surface area contributed by atoms with E-state index in [1.807, 2.05) is 6.92 Å². The first kappa shape index (κ1) is 26.5. The quantitative estimate of drug-likeness (QED) is 0.132. The van der Waals surface area contributed by atoms with Gasteiger partial charge >= 0.3 is 12.4 Å². The zero-order valence-electron chi connectivity index (χ0n) is 18.3. The number of aliphatic imine (C=N–C) groups is 1. The molecule has 2 rings (SSSR count). The summed E-state index contributed by atoms with van der Waals surface area (Å²) in [7, 11) is 1.06. The van der Waals surface area contributed by atoms with Gasteiger partial charge in [-0.2, -0.15) is 26.3 Å². The summed E-state index contributed by atoms with van der Waals surface area (Å²) in [6.45, 7) is 4.95. The standard InChI is InChI=1S/C23H22F6N2OS/c1-5-6-18(33-17-10-7-14(2)8-11-17)20(23(27,28)29)21(32-4)31-15(3)16-9-12-19(30-13-16)22(24,25)26/h6-13H,5H2,1-4H3/b18-6-,21-20-,31-15?. The number of hydrogen-bond acceptors (Lipinski definition) is 4. The Kier molecular flexibility index (Phi) is 8.76. The van der Waals surface area contributed by atoms with E-state index in [1.54, 1.807) is 31.2 Å². The van der Waals surface area contributed by atoms with E-state index in [0.717, 1.165) is 42.8 Å². The van der Waals surface area contributed by atoms with Gasteiger partial charge in [0.25, 0.3) is 0 Å². The van der Waals surface area contributed by atoms with Crippen molar-refractivity contribution in [1.29, 1.82) is 0 Å². The van der Waals surface area contributed by atoms with E-state index in [2.05, 4.69) is 9.98 Å². The predicted octanol–water partition coefficient (Wildman–Crippen LogP) is 7.72. The fourth-order valence-corrected chi connectivity index (χ4v) is 3.76. The number of aryl methyl sites for hydroxylation is 1. The van der Waals surface area contributed by atoms with Crippen molar-refractivity contribution in [2.24, 2.45) is 4.99 Å². The highest BCUT2D eigenvalue weighted by Gasteiger charge is 2.40. The molecule has 1 heterocycles. The first-order valence-corrected chi connectivity index (χ1v) is 10.6. The van der Waals surface area contributed by atoms with Crippen molar-refractivity contribution in [2.45, 2.75) is 44.4 Å². The molecule has 0 saturated carbocycles. The summed E-state index contributed by atoms with van der Waals surface area (Å²) in [5, 5.41) is 0. The monoisotopic (exact) mass is 488 g/mol. The summed E-state index contributed by atoms with van der Waals surface area (Å²) in [6, 6.07) is 8.85. The molecule has 0 aliphatic heterocycles. The minimum absolute atomic E-state index is 0.0195. The van der Waals surface area contributed by atoms with Crippen LogP contribution in [0.1, 0.15) is 37.1 Å². The largest absolute Gasteiger partial charge is 0.481 e. The van der Waals surface area contributed by atoms with E-state index in [1.165, 1.54) is 13.0 Å². The molecule has 10 heteroatoms. The topological polar surface area (TPSA) is 34.5 Å². The van der Waals surface area contributed by atoms with Crippen LogP contribution in [0.4, 0.5) is 26.3 Å². The molecule has 0 amide bonds. The average Bonchev–Trinajstić information content (AvgIpc) is 2.73. The highest BCUT2D eigenvalue weighted by Crippen LogP contribution is 2.42. The number of halogens is 6. The highest BCUT2D eigenvalue weighted by molar-refractivity contribution is 8.03. The molecule has 3 nitrogen and oxygen atoms in total. The lowest BCUT2D eigenvalue weighted by atomic mass is 10.1. The molecule has 0 fully saturated rings. The van der Waals surface area contributed by atoms with Crippen molar-refractivity contribution < 1.29 is 31.1 Å².